The average molecular weight is 401 g/mol. The Morgan fingerprint density at radius 3 is 2.67 bits per heavy atom. The first-order valence-electron chi connectivity index (χ1n) is 9.89. The van der Waals surface area contributed by atoms with Crippen molar-refractivity contribution in [3.05, 3.63) is 99.9 Å². The molecule has 0 saturated carbocycles. The molecule has 1 N–H and O–H groups in total. The third-order valence-electron chi connectivity index (χ3n) is 5.02. The van der Waals surface area contributed by atoms with E-state index in [0.717, 1.165) is 11.3 Å². The third-order valence-corrected chi connectivity index (χ3v) is 5.02. The van der Waals surface area contributed by atoms with Crippen LogP contribution in [-0.2, 0) is 13.0 Å². The van der Waals surface area contributed by atoms with Gasteiger partial charge in [-0.3, -0.25) is 9.59 Å². The van der Waals surface area contributed by atoms with Gasteiger partial charge in [0.15, 0.2) is 0 Å². The summed E-state index contributed by atoms with van der Waals surface area (Å²) >= 11 is 0. The molecule has 2 aromatic heterocycles. The van der Waals surface area contributed by atoms with Gasteiger partial charge in [-0.25, -0.2) is 4.98 Å². The number of carbonyl (C=O) groups excluding carboxylic acids is 1. The molecule has 2 aromatic carbocycles. The second-order valence-corrected chi connectivity index (χ2v) is 7.44. The molecule has 0 bridgehead atoms. The SMILES string of the molecule is Cc1nc2cc(C(=O)N[C@@H](C)Cc3ccco3)ccc2n(Cc2ccccc2)c1=O. The quantitative estimate of drug-likeness (QED) is 0.534. The van der Waals surface area contributed by atoms with Gasteiger partial charge < -0.3 is 14.3 Å². The molecule has 0 unspecified atom stereocenters. The highest BCUT2D eigenvalue weighted by Crippen LogP contribution is 2.15. The van der Waals surface area contributed by atoms with Crippen LogP contribution in [0.3, 0.4) is 0 Å². The molecule has 0 aliphatic rings. The number of nitrogens with one attached hydrogen (secondary N) is 1. The van der Waals surface area contributed by atoms with Gasteiger partial charge in [-0.1, -0.05) is 30.3 Å². The first-order chi connectivity index (χ1) is 14.5. The van der Waals surface area contributed by atoms with Gasteiger partial charge in [0.2, 0.25) is 0 Å². The normalized spacial score (nSPS) is 12.1. The van der Waals surface area contributed by atoms with Crippen molar-refractivity contribution in [3.8, 4) is 0 Å². The highest BCUT2D eigenvalue weighted by atomic mass is 16.3. The number of rotatable bonds is 6. The van der Waals surface area contributed by atoms with E-state index in [4.69, 9.17) is 4.42 Å². The average Bonchev–Trinajstić information content (AvgIpc) is 3.24. The fourth-order valence-electron chi connectivity index (χ4n) is 3.53. The van der Waals surface area contributed by atoms with E-state index in [1.807, 2.05) is 49.4 Å². The fraction of sp³-hybridized carbons (Fsp3) is 0.208. The molecule has 0 spiro atoms. The number of furan rings is 1. The van der Waals surface area contributed by atoms with Crippen LogP contribution in [0, 0.1) is 6.92 Å². The topological polar surface area (TPSA) is 77.1 Å². The number of nitrogens with zero attached hydrogens (tertiary/aromatic N) is 2. The monoisotopic (exact) mass is 401 g/mol. The minimum atomic E-state index is -0.184. The van der Waals surface area contributed by atoms with E-state index >= 15 is 0 Å². The molecule has 152 valence electrons. The van der Waals surface area contributed by atoms with E-state index < -0.39 is 0 Å². The summed E-state index contributed by atoms with van der Waals surface area (Å²) in [4.78, 5) is 29.9. The van der Waals surface area contributed by atoms with Gasteiger partial charge in [-0.05, 0) is 49.7 Å². The first-order valence-corrected chi connectivity index (χ1v) is 9.89. The van der Waals surface area contributed by atoms with E-state index in [1.54, 1.807) is 36.0 Å². The molecule has 0 radical (unpaired) electrons. The largest absolute Gasteiger partial charge is 0.469 e. The van der Waals surface area contributed by atoms with Gasteiger partial charge in [0.1, 0.15) is 11.5 Å². The number of amides is 1. The van der Waals surface area contributed by atoms with Crippen LogP contribution in [0.15, 0.2) is 76.1 Å². The molecule has 1 amide bonds. The Bertz CT molecular complexity index is 1230. The Kier molecular flexibility index (Phi) is 5.48. The molecular formula is C24H23N3O3. The molecule has 30 heavy (non-hydrogen) atoms. The summed E-state index contributed by atoms with van der Waals surface area (Å²) in [5.74, 6) is 0.639. The van der Waals surface area contributed by atoms with Crippen LogP contribution in [0.2, 0.25) is 0 Å². The van der Waals surface area contributed by atoms with Crippen LogP contribution in [0.1, 0.15) is 34.3 Å². The first kappa shape index (κ1) is 19.6. The number of benzene rings is 2. The van der Waals surface area contributed by atoms with Crippen molar-refractivity contribution in [1.82, 2.24) is 14.9 Å². The summed E-state index contributed by atoms with van der Waals surface area (Å²) in [5.41, 5.74) is 3.13. The summed E-state index contributed by atoms with van der Waals surface area (Å²) in [7, 11) is 0. The van der Waals surface area contributed by atoms with Gasteiger partial charge in [-0.2, -0.15) is 0 Å². The lowest BCUT2D eigenvalue weighted by atomic mass is 10.1. The summed E-state index contributed by atoms with van der Waals surface area (Å²) < 4.78 is 7.04. The molecule has 6 nitrogen and oxygen atoms in total. The maximum Gasteiger partial charge on any atom is 0.272 e. The smallest absolute Gasteiger partial charge is 0.272 e. The van der Waals surface area contributed by atoms with E-state index in [9.17, 15) is 9.59 Å². The minimum Gasteiger partial charge on any atom is -0.469 e. The third kappa shape index (κ3) is 4.17. The standard InChI is InChI=1S/C24H23N3O3/c1-16(13-20-9-6-12-30-20)25-23(28)19-10-11-22-21(14-19)26-17(2)24(29)27(22)15-18-7-4-3-5-8-18/h3-12,14,16H,13,15H2,1-2H3,(H,25,28)/t16-/m0/s1. The summed E-state index contributed by atoms with van der Waals surface area (Å²) in [5, 5.41) is 2.98. The Balaban J connectivity index is 1.61. The Morgan fingerprint density at radius 2 is 1.93 bits per heavy atom. The summed E-state index contributed by atoms with van der Waals surface area (Å²) in [6, 6.07) is 18.7. The zero-order valence-electron chi connectivity index (χ0n) is 17.0. The molecule has 0 fully saturated rings. The lowest BCUT2D eigenvalue weighted by Gasteiger charge is -2.14. The second kappa shape index (κ2) is 8.37. The lowest BCUT2D eigenvalue weighted by Crippen LogP contribution is -2.34. The Hall–Kier alpha value is -3.67. The van der Waals surface area contributed by atoms with Gasteiger partial charge in [0.25, 0.3) is 11.5 Å². The molecule has 0 saturated heterocycles. The van der Waals surface area contributed by atoms with Crippen LogP contribution >= 0.6 is 0 Å². The van der Waals surface area contributed by atoms with Crippen LogP contribution in [0.4, 0.5) is 0 Å². The van der Waals surface area contributed by atoms with E-state index in [1.165, 1.54) is 0 Å². The van der Waals surface area contributed by atoms with E-state index in [2.05, 4.69) is 10.3 Å². The zero-order chi connectivity index (χ0) is 21.1. The summed E-state index contributed by atoms with van der Waals surface area (Å²) in [6.45, 7) is 4.08. The molecule has 4 rings (SSSR count). The van der Waals surface area contributed by atoms with Crippen molar-refractivity contribution in [3.63, 3.8) is 0 Å². The number of carbonyl (C=O) groups is 1. The van der Waals surface area contributed by atoms with Crippen molar-refractivity contribution in [2.75, 3.05) is 0 Å². The van der Waals surface area contributed by atoms with Crippen LogP contribution in [0.25, 0.3) is 11.0 Å². The fourth-order valence-corrected chi connectivity index (χ4v) is 3.53. The minimum absolute atomic E-state index is 0.0823. The molecule has 0 aliphatic heterocycles. The predicted octanol–water partition coefficient (Wildman–Crippen LogP) is 3.71. The summed E-state index contributed by atoms with van der Waals surface area (Å²) in [6.07, 6.45) is 2.23. The number of aromatic nitrogens is 2. The zero-order valence-corrected chi connectivity index (χ0v) is 17.0. The van der Waals surface area contributed by atoms with Crippen LogP contribution < -0.4 is 10.9 Å². The maximum absolute atomic E-state index is 12.7. The highest BCUT2D eigenvalue weighted by molar-refractivity contribution is 5.97. The second-order valence-electron chi connectivity index (χ2n) is 7.44. The lowest BCUT2D eigenvalue weighted by molar-refractivity contribution is 0.0939. The van der Waals surface area contributed by atoms with E-state index in [0.29, 0.717) is 35.3 Å². The molecule has 2 heterocycles. The van der Waals surface area contributed by atoms with Gasteiger partial charge >= 0.3 is 0 Å². The highest BCUT2D eigenvalue weighted by Gasteiger charge is 2.15. The predicted molar refractivity (Wildman–Crippen MR) is 116 cm³/mol. The molecule has 4 aromatic rings. The van der Waals surface area contributed by atoms with Gasteiger partial charge in [0, 0.05) is 18.0 Å². The Labute approximate surface area is 174 Å². The van der Waals surface area contributed by atoms with E-state index in [-0.39, 0.29) is 17.5 Å². The number of hydrogen-bond donors (Lipinski definition) is 1. The van der Waals surface area contributed by atoms with Crippen LogP contribution in [0.5, 0.6) is 0 Å². The van der Waals surface area contributed by atoms with Crippen LogP contribution in [-0.4, -0.2) is 21.5 Å². The number of aryl methyl sites for hydroxylation is 1. The molecule has 1 atom stereocenters. The Morgan fingerprint density at radius 1 is 1.13 bits per heavy atom. The van der Waals surface area contributed by atoms with Gasteiger partial charge in [0.05, 0.1) is 23.8 Å². The molecule has 0 aliphatic carbocycles. The van der Waals surface area contributed by atoms with Gasteiger partial charge in [-0.15, -0.1) is 0 Å². The van der Waals surface area contributed by atoms with Crippen molar-refractivity contribution >= 4 is 16.9 Å². The molecule has 6 heteroatoms. The number of fused-ring (bicyclic) bond motifs is 1. The number of hydrogen-bond acceptors (Lipinski definition) is 4. The molecular weight excluding hydrogens is 378 g/mol. The van der Waals surface area contributed by atoms with Crippen molar-refractivity contribution in [1.29, 1.82) is 0 Å². The maximum atomic E-state index is 12.7. The van der Waals surface area contributed by atoms with Crippen molar-refractivity contribution < 1.29 is 9.21 Å². The van der Waals surface area contributed by atoms with Crippen molar-refractivity contribution in [2.24, 2.45) is 0 Å². The van der Waals surface area contributed by atoms with Crippen molar-refractivity contribution in [2.45, 2.75) is 32.9 Å².